The third-order valence-electron chi connectivity index (χ3n) is 3.26. The highest BCUT2D eigenvalue weighted by molar-refractivity contribution is 5.94. The van der Waals surface area contributed by atoms with Gasteiger partial charge in [0.25, 0.3) is 0 Å². The van der Waals surface area contributed by atoms with Gasteiger partial charge in [-0.2, -0.15) is 0 Å². The van der Waals surface area contributed by atoms with Gasteiger partial charge in [-0.05, 0) is 36.7 Å². The van der Waals surface area contributed by atoms with Crippen molar-refractivity contribution in [2.75, 3.05) is 20.2 Å². The molecule has 0 bridgehead atoms. The minimum absolute atomic E-state index is 0.905. The topological polar surface area (TPSA) is 37.0 Å². The standard InChI is InChI=1S/C14H16N2O/c1-17-11-4-5-14-12(7-11)13(9-16-14)10-3-2-6-15-8-10/h3-5,7,9,15-16H,2,6,8H2,1H3. The summed E-state index contributed by atoms with van der Waals surface area (Å²) in [6, 6.07) is 6.14. The molecule has 2 N–H and O–H groups in total. The van der Waals surface area contributed by atoms with Crippen LogP contribution in [0.1, 0.15) is 12.0 Å². The van der Waals surface area contributed by atoms with E-state index in [0.717, 1.165) is 30.8 Å². The van der Waals surface area contributed by atoms with Crippen molar-refractivity contribution in [2.45, 2.75) is 6.42 Å². The largest absolute Gasteiger partial charge is 0.497 e. The van der Waals surface area contributed by atoms with Crippen molar-refractivity contribution in [1.29, 1.82) is 0 Å². The van der Waals surface area contributed by atoms with Gasteiger partial charge in [-0.25, -0.2) is 0 Å². The van der Waals surface area contributed by atoms with Gasteiger partial charge < -0.3 is 15.0 Å². The molecule has 0 radical (unpaired) electrons. The maximum Gasteiger partial charge on any atom is 0.119 e. The fraction of sp³-hybridized carbons (Fsp3) is 0.286. The second kappa shape index (κ2) is 4.26. The molecule has 88 valence electrons. The number of rotatable bonds is 2. The molecule has 3 heteroatoms. The molecule has 1 aromatic heterocycles. The van der Waals surface area contributed by atoms with E-state index in [1.54, 1.807) is 7.11 Å². The molecule has 1 aliphatic rings. The molecule has 3 rings (SSSR count). The zero-order chi connectivity index (χ0) is 11.7. The number of H-pyrrole nitrogens is 1. The molecule has 0 fully saturated rings. The number of nitrogens with one attached hydrogen (secondary N) is 2. The summed E-state index contributed by atoms with van der Waals surface area (Å²) in [5, 5.41) is 4.64. The van der Waals surface area contributed by atoms with Gasteiger partial charge in [0.05, 0.1) is 7.11 Å². The summed E-state index contributed by atoms with van der Waals surface area (Å²) < 4.78 is 5.29. The van der Waals surface area contributed by atoms with Crippen LogP contribution in [0, 0.1) is 0 Å². The van der Waals surface area contributed by atoms with Crippen molar-refractivity contribution in [1.82, 2.24) is 10.3 Å². The van der Waals surface area contributed by atoms with Crippen LogP contribution in [-0.4, -0.2) is 25.2 Å². The van der Waals surface area contributed by atoms with Crippen LogP contribution < -0.4 is 10.1 Å². The van der Waals surface area contributed by atoms with Crippen molar-refractivity contribution in [3.05, 3.63) is 36.0 Å². The number of hydrogen-bond donors (Lipinski definition) is 2. The van der Waals surface area contributed by atoms with Crippen LogP contribution in [0.4, 0.5) is 0 Å². The molecule has 0 saturated heterocycles. The molecular formula is C14H16N2O. The van der Waals surface area contributed by atoms with Gasteiger partial charge in [0.15, 0.2) is 0 Å². The Balaban J connectivity index is 2.12. The van der Waals surface area contributed by atoms with Crippen LogP contribution in [0.15, 0.2) is 30.5 Å². The van der Waals surface area contributed by atoms with E-state index in [4.69, 9.17) is 4.74 Å². The Kier molecular flexibility index (Phi) is 2.61. The zero-order valence-electron chi connectivity index (χ0n) is 9.92. The number of methoxy groups -OCH3 is 1. The average Bonchev–Trinajstić information content (AvgIpc) is 2.82. The molecule has 0 unspecified atom stereocenters. The van der Waals surface area contributed by atoms with E-state index in [1.165, 1.54) is 16.5 Å². The summed E-state index contributed by atoms with van der Waals surface area (Å²) in [5.74, 6) is 0.905. The highest BCUT2D eigenvalue weighted by atomic mass is 16.5. The number of hydrogen-bond acceptors (Lipinski definition) is 2. The minimum Gasteiger partial charge on any atom is -0.497 e. The van der Waals surface area contributed by atoms with Gasteiger partial charge in [0.1, 0.15) is 5.75 Å². The number of ether oxygens (including phenoxy) is 1. The lowest BCUT2D eigenvalue weighted by Gasteiger charge is -2.13. The van der Waals surface area contributed by atoms with E-state index in [-0.39, 0.29) is 0 Å². The molecule has 0 spiro atoms. The van der Waals surface area contributed by atoms with Gasteiger partial charge in [0.2, 0.25) is 0 Å². The Morgan fingerprint density at radius 1 is 1.29 bits per heavy atom. The lowest BCUT2D eigenvalue weighted by molar-refractivity contribution is 0.415. The minimum atomic E-state index is 0.905. The summed E-state index contributed by atoms with van der Waals surface area (Å²) >= 11 is 0. The molecular weight excluding hydrogens is 212 g/mol. The first-order chi connectivity index (χ1) is 8.38. The lowest BCUT2D eigenvalue weighted by atomic mass is 10.0. The quantitative estimate of drug-likeness (QED) is 0.829. The summed E-state index contributed by atoms with van der Waals surface area (Å²) in [5.41, 5.74) is 3.81. The number of benzene rings is 1. The van der Waals surface area contributed by atoms with E-state index in [2.05, 4.69) is 34.7 Å². The smallest absolute Gasteiger partial charge is 0.119 e. The molecule has 17 heavy (non-hydrogen) atoms. The SMILES string of the molecule is COc1ccc2[nH]cc(C3=CCCNC3)c2c1. The van der Waals surface area contributed by atoms with Crippen LogP contribution in [0.5, 0.6) is 5.75 Å². The average molecular weight is 228 g/mol. The highest BCUT2D eigenvalue weighted by Gasteiger charge is 2.11. The second-order valence-corrected chi connectivity index (χ2v) is 4.31. The van der Waals surface area contributed by atoms with E-state index in [1.807, 2.05) is 6.07 Å². The van der Waals surface area contributed by atoms with Crippen molar-refractivity contribution in [3.63, 3.8) is 0 Å². The predicted molar refractivity (Wildman–Crippen MR) is 70.3 cm³/mol. The summed E-state index contributed by atoms with van der Waals surface area (Å²) in [4.78, 5) is 3.31. The lowest BCUT2D eigenvalue weighted by Crippen LogP contribution is -2.21. The van der Waals surface area contributed by atoms with E-state index >= 15 is 0 Å². The molecule has 0 saturated carbocycles. The molecule has 2 aromatic rings. The van der Waals surface area contributed by atoms with Gasteiger partial charge in [-0.15, -0.1) is 0 Å². The molecule has 0 aliphatic carbocycles. The van der Waals surface area contributed by atoms with Crippen molar-refractivity contribution in [3.8, 4) is 5.75 Å². The van der Waals surface area contributed by atoms with Crippen molar-refractivity contribution in [2.24, 2.45) is 0 Å². The Morgan fingerprint density at radius 3 is 3.00 bits per heavy atom. The summed E-state index contributed by atoms with van der Waals surface area (Å²) in [6.45, 7) is 2.03. The molecule has 1 aliphatic heterocycles. The van der Waals surface area contributed by atoms with Gasteiger partial charge in [0, 0.05) is 29.2 Å². The van der Waals surface area contributed by atoms with Crippen molar-refractivity contribution < 1.29 is 4.74 Å². The molecule has 0 atom stereocenters. The monoisotopic (exact) mass is 228 g/mol. The first-order valence-corrected chi connectivity index (χ1v) is 5.94. The number of fused-ring (bicyclic) bond motifs is 1. The number of aromatic nitrogens is 1. The molecule has 2 heterocycles. The Labute approximate surface area is 100 Å². The Hall–Kier alpha value is -1.74. The first kappa shape index (κ1) is 10.4. The van der Waals surface area contributed by atoms with Crippen LogP contribution >= 0.6 is 0 Å². The molecule has 0 amide bonds. The summed E-state index contributed by atoms with van der Waals surface area (Å²) in [6.07, 6.45) is 5.51. The second-order valence-electron chi connectivity index (χ2n) is 4.31. The van der Waals surface area contributed by atoms with Crippen LogP contribution in [0.2, 0.25) is 0 Å². The van der Waals surface area contributed by atoms with E-state index < -0.39 is 0 Å². The Bertz CT molecular complexity index is 569. The fourth-order valence-electron chi connectivity index (χ4n) is 2.34. The highest BCUT2D eigenvalue weighted by Crippen LogP contribution is 2.28. The summed E-state index contributed by atoms with van der Waals surface area (Å²) in [7, 11) is 1.70. The van der Waals surface area contributed by atoms with E-state index in [0.29, 0.717) is 0 Å². The molecule has 3 nitrogen and oxygen atoms in total. The van der Waals surface area contributed by atoms with Crippen LogP contribution in [0.25, 0.3) is 16.5 Å². The van der Waals surface area contributed by atoms with Gasteiger partial charge in [-0.3, -0.25) is 0 Å². The van der Waals surface area contributed by atoms with Gasteiger partial charge >= 0.3 is 0 Å². The molecule has 1 aromatic carbocycles. The van der Waals surface area contributed by atoms with Gasteiger partial charge in [-0.1, -0.05) is 6.08 Å². The maximum atomic E-state index is 5.29. The third kappa shape index (κ3) is 1.83. The Morgan fingerprint density at radius 2 is 2.24 bits per heavy atom. The first-order valence-electron chi connectivity index (χ1n) is 5.94. The fourth-order valence-corrected chi connectivity index (χ4v) is 2.34. The van der Waals surface area contributed by atoms with Crippen molar-refractivity contribution >= 4 is 16.5 Å². The van der Waals surface area contributed by atoms with Crippen LogP contribution in [0.3, 0.4) is 0 Å². The zero-order valence-corrected chi connectivity index (χ0v) is 9.92. The predicted octanol–water partition coefficient (Wildman–Crippen LogP) is 2.55. The maximum absolute atomic E-state index is 5.29. The third-order valence-corrected chi connectivity index (χ3v) is 3.26. The van der Waals surface area contributed by atoms with Crippen LogP contribution in [-0.2, 0) is 0 Å². The van der Waals surface area contributed by atoms with E-state index in [9.17, 15) is 0 Å². The number of aromatic amines is 1. The normalized spacial score (nSPS) is 15.9.